The molecule has 0 unspecified atom stereocenters. The summed E-state index contributed by atoms with van der Waals surface area (Å²) in [5.74, 6) is 0.0699. The molecule has 1 heterocycles. The van der Waals surface area contributed by atoms with E-state index in [-0.39, 0.29) is 5.91 Å². The molecule has 4 heteroatoms. The maximum absolute atomic E-state index is 13.5. The third-order valence-corrected chi connectivity index (χ3v) is 5.66. The summed E-state index contributed by atoms with van der Waals surface area (Å²) in [6.45, 7) is 4.13. The van der Waals surface area contributed by atoms with Gasteiger partial charge in [-0.1, -0.05) is 84.4 Å². The Hall–Kier alpha value is -2.88. The van der Waals surface area contributed by atoms with Crippen LogP contribution in [-0.4, -0.2) is 41.9 Å². The van der Waals surface area contributed by atoms with Crippen LogP contribution < -0.4 is 0 Å². The lowest BCUT2D eigenvalue weighted by Crippen LogP contribution is -2.48. The number of rotatable bonds is 5. The number of halogens is 1. The van der Waals surface area contributed by atoms with Crippen LogP contribution in [0.25, 0.3) is 11.6 Å². The summed E-state index contributed by atoms with van der Waals surface area (Å²) >= 11 is 6.07. The minimum Gasteiger partial charge on any atom is -0.336 e. The lowest BCUT2D eigenvalue weighted by Gasteiger charge is -2.35. The quantitative estimate of drug-likeness (QED) is 0.420. The van der Waals surface area contributed by atoms with Gasteiger partial charge in [0.2, 0.25) is 0 Å². The number of carbonyl (C=O) groups is 1. The van der Waals surface area contributed by atoms with Crippen molar-refractivity contribution in [1.29, 1.82) is 0 Å². The zero-order chi connectivity index (χ0) is 20.8. The molecule has 1 fully saturated rings. The maximum atomic E-state index is 13.5. The molecule has 1 aliphatic heterocycles. The molecule has 0 aromatic heterocycles. The third kappa shape index (κ3) is 5.18. The normalized spacial score (nSPS) is 15.2. The van der Waals surface area contributed by atoms with Gasteiger partial charge in [0.1, 0.15) is 0 Å². The SMILES string of the molecule is O=C(C(=Cc1ccccc1)c1ccc(Cl)cc1)N1CCN(Cc2ccccc2)CC1. The predicted molar refractivity (Wildman–Crippen MR) is 124 cm³/mol. The van der Waals surface area contributed by atoms with Crippen molar-refractivity contribution in [2.24, 2.45) is 0 Å². The Labute approximate surface area is 183 Å². The first kappa shape index (κ1) is 20.4. The van der Waals surface area contributed by atoms with Crippen molar-refractivity contribution in [2.45, 2.75) is 6.54 Å². The molecule has 3 aromatic rings. The van der Waals surface area contributed by atoms with Crippen LogP contribution in [-0.2, 0) is 11.3 Å². The molecule has 0 bridgehead atoms. The first-order valence-electron chi connectivity index (χ1n) is 10.3. The largest absolute Gasteiger partial charge is 0.336 e. The van der Waals surface area contributed by atoms with E-state index in [1.54, 1.807) is 0 Å². The highest BCUT2D eigenvalue weighted by molar-refractivity contribution is 6.31. The topological polar surface area (TPSA) is 23.6 Å². The highest BCUT2D eigenvalue weighted by Gasteiger charge is 2.24. The predicted octanol–water partition coefficient (Wildman–Crippen LogP) is 5.23. The zero-order valence-corrected chi connectivity index (χ0v) is 17.6. The molecular formula is C26H25ClN2O. The Balaban J connectivity index is 1.50. The lowest BCUT2D eigenvalue weighted by atomic mass is 10.0. The van der Waals surface area contributed by atoms with Gasteiger partial charge >= 0.3 is 0 Å². The summed E-state index contributed by atoms with van der Waals surface area (Å²) in [6, 6.07) is 28.0. The number of hydrogen-bond acceptors (Lipinski definition) is 2. The summed E-state index contributed by atoms with van der Waals surface area (Å²) in [4.78, 5) is 17.8. The second-order valence-corrected chi connectivity index (χ2v) is 7.97. The molecule has 3 aromatic carbocycles. The van der Waals surface area contributed by atoms with E-state index in [1.807, 2.05) is 71.6 Å². The number of hydrogen-bond donors (Lipinski definition) is 0. The average Bonchev–Trinajstić information content (AvgIpc) is 2.80. The van der Waals surface area contributed by atoms with Gasteiger partial charge in [-0.25, -0.2) is 0 Å². The summed E-state index contributed by atoms with van der Waals surface area (Å²) in [6.07, 6.45) is 1.97. The van der Waals surface area contributed by atoms with Crippen LogP contribution in [0.1, 0.15) is 16.7 Å². The highest BCUT2D eigenvalue weighted by atomic mass is 35.5. The average molecular weight is 417 g/mol. The van der Waals surface area contributed by atoms with Gasteiger partial charge in [-0.2, -0.15) is 0 Å². The lowest BCUT2D eigenvalue weighted by molar-refractivity contribution is -0.126. The van der Waals surface area contributed by atoms with Crippen LogP contribution in [0.15, 0.2) is 84.9 Å². The van der Waals surface area contributed by atoms with Crippen LogP contribution in [0.2, 0.25) is 5.02 Å². The van der Waals surface area contributed by atoms with E-state index in [4.69, 9.17) is 11.6 Å². The van der Waals surface area contributed by atoms with Gasteiger partial charge in [0.25, 0.3) is 5.91 Å². The molecule has 0 N–H and O–H groups in total. The van der Waals surface area contributed by atoms with E-state index in [1.165, 1.54) is 5.56 Å². The van der Waals surface area contributed by atoms with Gasteiger partial charge < -0.3 is 4.90 Å². The second kappa shape index (κ2) is 9.75. The third-order valence-electron chi connectivity index (χ3n) is 5.40. The maximum Gasteiger partial charge on any atom is 0.254 e. The van der Waals surface area contributed by atoms with E-state index < -0.39 is 0 Å². The molecule has 3 nitrogen and oxygen atoms in total. The highest BCUT2D eigenvalue weighted by Crippen LogP contribution is 2.24. The van der Waals surface area contributed by atoms with Gasteiger partial charge in [-0.05, 0) is 34.9 Å². The second-order valence-electron chi connectivity index (χ2n) is 7.53. The van der Waals surface area contributed by atoms with Gasteiger partial charge in [-0.3, -0.25) is 9.69 Å². The Bertz CT molecular complexity index is 992. The van der Waals surface area contributed by atoms with Crippen molar-refractivity contribution in [3.63, 3.8) is 0 Å². The molecule has 152 valence electrons. The molecular weight excluding hydrogens is 392 g/mol. The molecule has 0 aliphatic carbocycles. The standard InChI is InChI=1S/C26H25ClN2O/c27-24-13-11-23(12-14-24)25(19-21-7-3-1-4-8-21)26(30)29-17-15-28(16-18-29)20-22-9-5-2-6-10-22/h1-14,19H,15-18,20H2. The van der Waals surface area contributed by atoms with Crippen molar-refractivity contribution in [3.8, 4) is 0 Å². The van der Waals surface area contributed by atoms with E-state index in [9.17, 15) is 4.79 Å². The Kier molecular flexibility index (Phi) is 6.63. The van der Waals surface area contributed by atoms with Crippen molar-refractivity contribution in [2.75, 3.05) is 26.2 Å². The van der Waals surface area contributed by atoms with Crippen LogP contribution in [0, 0.1) is 0 Å². The molecule has 1 amide bonds. The molecule has 0 radical (unpaired) electrons. The number of nitrogens with zero attached hydrogens (tertiary/aromatic N) is 2. The van der Waals surface area contributed by atoms with Gasteiger partial charge in [-0.15, -0.1) is 0 Å². The summed E-state index contributed by atoms with van der Waals surface area (Å²) in [5.41, 5.74) is 3.91. The summed E-state index contributed by atoms with van der Waals surface area (Å²) in [5, 5.41) is 0.666. The minimum atomic E-state index is 0.0699. The molecule has 4 rings (SSSR count). The van der Waals surface area contributed by atoms with E-state index in [2.05, 4.69) is 29.2 Å². The van der Waals surface area contributed by atoms with Gasteiger partial charge in [0.15, 0.2) is 0 Å². The Morgan fingerprint density at radius 2 is 1.40 bits per heavy atom. The van der Waals surface area contributed by atoms with E-state index in [0.717, 1.165) is 43.9 Å². The number of piperazine rings is 1. The van der Waals surface area contributed by atoms with Crippen molar-refractivity contribution >= 4 is 29.2 Å². The van der Waals surface area contributed by atoms with Crippen molar-refractivity contribution in [3.05, 3.63) is 107 Å². The monoisotopic (exact) mass is 416 g/mol. The number of amides is 1. The van der Waals surface area contributed by atoms with Crippen LogP contribution in [0.3, 0.4) is 0 Å². The van der Waals surface area contributed by atoms with Crippen molar-refractivity contribution < 1.29 is 4.79 Å². The molecule has 0 spiro atoms. The molecule has 30 heavy (non-hydrogen) atoms. The minimum absolute atomic E-state index is 0.0699. The molecule has 1 saturated heterocycles. The first-order valence-corrected chi connectivity index (χ1v) is 10.6. The van der Waals surface area contributed by atoms with E-state index >= 15 is 0 Å². The summed E-state index contributed by atoms with van der Waals surface area (Å²) < 4.78 is 0. The Morgan fingerprint density at radius 1 is 0.800 bits per heavy atom. The van der Waals surface area contributed by atoms with Crippen molar-refractivity contribution in [1.82, 2.24) is 9.80 Å². The van der Waals surface area contributed by atoms with Crippen LogP contribution in [0.5, 0.6) is 0 Å². The van der Waals surface area contributed by atoms with Gasteiger partial charge in [0.05, 0.1) is 0 Å². The molecule has 0 atom stereocenters. The smallest absolute Gasteiger partial charge is 0.254 e. The molecule has 1 aliphatic rings. The fourth-order valence-corrected chi connectivity index (χ4v) is 3.86. The summed E-state index contributed by atoms with van der Waals surface area (Å²) in [7, 11) is 0. The van der Waals surface area contributed by atoms with Crippen LogP contribution in [0.4, 0.5) is 0 Å². The molecule has 0 saturated carbocycles. The Morgan fingerprint density at radius 3 is 2.03 bits per heavy atom. The first-order chi connectivity index (χ1) is 14.7. The number of carbonyl (C=O) groups excluding carboxylic acids is 1. The van der Waals surface area contributed by atoms with E-state index in [0.29, 0.717) is 10.6 Å². The fourth-order valence-electron chi connectivity index (χ4n) is 3.73. The number of benzene rings is 3. The fraction of sp³-hybridized carbons (Fsp3) is 0.192. The van der Waals surface area contributed by atoms with Crippen LogP contribution >= 0.6 is 11.6 Å². The van der Waals surface area contributed by atoms with Gasteiger partial charge in [0, 0.05) is 43.3 Å². The zero-order valence-electron chi connectivity index (χ0n) is 16.9.